The van der Waals surface area contributed by atoms with Gasteiger partial charge in [-0.25, -0.2) is 4.79 Å². The van der Waals surface area contributed by atoms with Gasteiger partial charge in [0.05, 0.1) is 0 Å². The highest BCUT2D eigenvalue weighted by Crippen LogP contribution is 2.36. The van der Waals surface area contributed by atoms with E-state index in [0.717, 1.165) is 23.1 Å². The Morgan fingerprint density at radius 2 is 1.77 bits per heavy atom. The Labute approximate surface area is 187 Å². The Morgan fingerprint density at radius 1 is 0.968 bits per heavy atom. The van der Waals surface area contributed by atoms with Gasteiger partial charge in [-0.2, -0.15) is 0 Å². The maximum absolute atomic E-state index is 13.1. The highest BCUT2D eigenvalue weighted by Gasteiger charge is 2.17. The zero-order chi connectivity index (χ0) is 21.6. The van der Waals surface area contributed by atoms with Gasteiger partial charge in [0, 0.05) is 34.9 Å². The van der Waals surface area contributed by atoms with Gasteiger partial charge in [-0.05, 0) is 52.9 Å². The van der Waals surface area contributed by atoms with Crippen LogP contribution in [0.15, 0.2) is 65.6 Å². The van der Waals surface area contributed by atoms with E-state index in [1.54, 1.807) is 0 Å². The van der Waals surface area contributed by atoms with Crippen LogP contribution in [0.1, 0.15) is 40.4 Å². The minimum Gasteiger partial charge on any atom is -0.338 e. The molecule has 0 atom stereocenters. The third-order valence-corrected chi connectivity index (χ3v) is 6.36. The van der Waals surface area contributed by atoms with Crippen LogP contribution < -0.4 is 10.6 Å². The summed E-state index contributed by atoms with van der Waals surface area (Å²) in [5.74, 6) is 0.984. The van der Waals surface area contributed by atoms with Gasteiger partial charge in [0.15, 0.2) is 5.78 Å². The molecule has 0 unspecified atom stereocenters. The molecule has 1 aliphatic heterocycles. The molecule has 3 aromatic carbocycles. The molecule has 1 heterocycles. The number of thioether (sulfide) groups is 1. The molecule has 4 nitrogen and oxygen atoms in total. The van der Waals surface area contributed by atoms with Crippen molar-refractivity contribution in [2.24, 2.45) is 0 Å². The Kier molecular flexibility index (Phi) is 6.73. The standard InChI is InChI=1S/C26H26N2O2S/c1-2-13-27-26(30)28-14-12-20-17-21(25(29)18-7-4-3-5-8-18)16-19-10-11-23-22(24(19)20)9-6-15-31-23/h3-11,16-17H,2,12-15H2,1H3,(H2,27,28,30). The molecule has 0 saturated carbocycles. The molecule has 1 aliphatic rings. The Morgan fingerprint density at radius 3 is 2.58 bits per heavy atom. The molecule has 3 aromatic rings. The first-order valence-electron chi connectivity index (χ1n) is 10.7. The summed E-state index contributed by atoms with van der Waals surface area (Å²) in [5, 5.41) is 7.99. The van der Waals surface area contributed by atoms with Gasteiger partial charge >= 0.3 is 6.03 Å². The molecule has 5 heteroatoms. The monoisotopic (exact) mass is 430 g/mol. The van der Waals surface area contributed by atoms with Crippen molar-refractivity contribution in [3.63, 3.8) is 0 Å². The second kappa shape index (κ2) is 9.84. The number of nitrogens with one attached hydrogen (secondary N) is 2. The van der Waals surface area contributed by atoms with E-state index in [1.807, 2.05) is 61.2 Å². The first-order valence-corrected chi connectivity index (χ1v) is 11.7. The van der Waals surface area contributed by atoms with E-state index < -0.39 is 0 Å². The van der Waals surface area contributed by atoms with E-state index in [4.69, 9.17) is 0 Å². The van der Waals surface area contributed by atoms with Gasteiger partial charge in [0.1, 0.15) is 0 Å². The van der Waals surface area contributed by atoms with Crippen molar-refractivity contribution in [3.8, 4) is 0 Å². The highest BCUT2D eigenvalue weighted by molar-refractivity contribution is 7.99. The number of rotatable bonds is 7. The summed E-state index contributed by atoms with van der Waals surface area (Å²) in [6.07, 6.45) is 5.91. The molecule has 0 fully saturated rings. The van der Waals surface area contributed by atoms with Crippen molar-refractivity contribution < 1.29 is 9.59 Å². The molecule has 0 saturated heterocycles. The molecular weight excluding hydrogens is 404 g/mol. The molecule has 0 radical (unpaired) electrons. The summed E-state index contributed by atoms with van der Waals surface area (Å²) in [4.78, 5) is 26.3. The van der Waals surface area contributed by atoms with Crippen LogP contribution in [-0.4, -0.2) is 30.7 Å². The van der Waals surface area contributed by atoms with Gasteiger partial charge in [-0.3, -0.25) is 4.79 Å². The SMILES string of the molecule is CCCNC(=O)NCCc1cc(C(=O)c2ccccc2)cc2ccc3c(c12)C=CCS3. The minimum atomic E-state index is -0.153. The number of benzene rings is 3. The molecular formula is C26H26N2O2S. The van der Waals surface area contributed by atoms with Gasteiger partial charge < -0.3 is 10.6 Å². The average Bonchev–Trinajstić information content (AvgIpc) is 2.82. The Balaban J connectivity index is 1.70. The lowest BCUT2D eigenvalue weighted by Gasteiger charge is -2.17. The number of hydrogen-bond donors (Lipinski definition) is 2. The smallest absolute Gasteiger partial charge is 0.314 e. The summed E-state index contributed by atoms with van der Waals surface area (Å²) in [6.45, 7) is 3.19. The molecule has 158 valence electrons. The normalized spacial score (nSPS) is 12.4. The van der Waals surface area contributed by atoms with E-state index in [1.165, 1.54) is 15.8 Å². The average molecular weight is 431 g/mol. The number of fused-ring (bicyclic) bond motifs is 3. The van der Waals surface area contributed by atoms with Crippen LogP contribution >= 0.6 is 11.8 Å². The molecule has 4 rings (SSSR count). The van der Waals surface area contributed by atoms with Crippen molar-refractivity contribution in [2.45, 2.75) is 24.7 Å². The summed E-state index contributed by atoms with van der Waals surface area (Å²) in [7, 11) is 0. The maximum atomic E-state index is 13.1. The summed E-state index contributed by atoms with van der Waals surface area (Å²) < 4.78 is 0. The number of hydrogen-bond acceptors (Lipinski definition) is 3. The van der Waals surface area contributed by atoms with E-state index >= 15 is 0 Å². The molecule has 0 aliphatic carbocycles. The van der Waals surface area contributed by atoms with E-state index in [2.05, 4.69) is 34.9 Å². The first-order chi connectivity index (χ1) is 15.2. The molecule has 31 heavy (non-hydrogen) atoms. The Bertz CT molecular complexity index is 1140. The van der Waals surface area contributed by atoms with Crippen LogP contribution in [0.25, 0.3) is 16.8 Å². The highest BCUT2D eigenvalue weighted by atomic mass is 32.2. The third-order valence-electron chi connectivity index (χ3n) is 5.33. The number of carbonyl (C=O) groups excluding carboxylic acids is 2. The minimum absolute atomic E-state index is 0.0139. The van der Waals surface area contributed by atoms with Crippen molar-refractivity contribution in [3.05, 3.63) is 82.9 Å². The second-order valence-corrected chi connectivity index (χ2v) is 8.61. The van der Waals surface area contributed by atoms with Crippen molar-refractivity contribution in [2.75, 3.05) is 18.8 Å². The summed E-state index contributed by atoms with van der Waals surface area (Å²) >= 11 is 1.82. The topological polar surface area (TPSA) is 58.2 Å². The lowest BCUT2D eigenvalue weighted by Crippen LogP contribution is -2.36. The van der Waals surface area contributed by atoms with Gasteiger partial charge in [0.2, 0.25) is 0 Å². The second-order valence-electron chi connectivity index (χ2n) is 7.55. The van der Waals surface area contributed by atoms with Gasteiger partial charge in [0.25, 0.3) is 0 Å². The van der Waals surface area contributed by atoms with Crippen LogP contribution in [0, 0.1) is 0 Å². The predicted octanol–water partition coefficient (Wildman–Crippen LogP) is 5.44. The fourth-order valence-electron chi connectivity index (χ4n) is 3.86. The number of amides is 2. The summed E-state index contributed by atoms with van der Waals surface area (Å²) in [5.41, 5.74) is 3.64. The van der Waals surface area contributed by atoms with Crippen LogP contribution in [0.2, 0.25) is 0 Å². The van der Waals surface area contributed by atoms with Crippen LogP contribution in [-0.2, 0) is 6.42 Å². The van der Waals surface area contributed by atoms with Crippen molar-refractivity contribution in [1.29, 1.82) is 0 Å². The van der Waals surface area contributed by atoms with Crippen LogP contribution in [0.5, 0.6) is 0 Å². The number of ketones is 1. The van der Waals surface area contributed by atoms with E-state index in [-0.39, 0.29) is 11.8 Å². The van der Waals surface area contributed by atoms with Crippen molar-refractivity contribution >= 4 is 40.4 Å². The molecule has 0 spiro atoms. The van der Waals surface area contributed by atoms with Gasteiger partial charge in [-0.15, -0.1) is 11.8 Å². The van der Waals surface area contributed by atoms with Crippen LogP contribution in [0.3, 0.4) is 0 Å². The quantitative estimate of drug-likeness (QED) is 0.491. The predicted molar refractivity (Wildman–Crippen MR) is 129 cm³/mol. The zero-order valence-corrected chi connectivity index (χ0v) is 18.4. The maximum Gasteiger partial charge on any atom is 0.314 e. The fourth-order valence-corrected chi connectivity index (χ4v) is 4.72. The lowest BCUT2D eigenvalue weighted by atomic mass is 9.92. The molecule has 2 N–H and O–H groups in total. The van der Waals surface area contributed by atoms with Crippen molar-refractivity contribution in [1.82, 2.24) is 10.6 Å². The van der Waals surface area contributed by atoms with E-state index in [9.17, 15) is 9.59 Å². The Hall–Kier alpha value is -3.05. The lowest BCUT2D eigenvalue weighted by molar-refractivity contribution is 0.103. The number of urea groups is 1. The first kappa shape index (κ1) is 21.2. The molecule has 0 bridgehead atoms. The van der Waals surface area contributed by atoms with E-state index in [0.29, 0.717) is 30.6 Å². The number of carbonyl (C=O) groups is 2. The zero-order valence-electron chi connectivity index (χ0n) is 17.6. The van der Waals surface area contributed by atoms with Crippen LogP contribution in [0.4, 0.5) is 4.79 Å². The third kappa shape index (κ3) is 4.83. The van der Waals surface area contributed by atoms with Gasteiger partial charge in [-0.1, -0.05) is 55.5 Å². The molecule has 0 aromatic heterocycles. The molecule has 2 amide bonds. The fraction of sp³-hybridized carbons (Fsp3) is 0.231. The largest absolute Gasteiger partial charge is 0.338 e. The summed E-state index contributed by atoms with van der Waals surface area (Å²) in [6, 6.07) is 17.4.